The van der Waals surface area contributed by atoms with Crippen LogP contribution in [-0.2, 0) is 6.54 Å². The Bertz CT molecular complexity index is 301. The highest BCUT2D eigenvalue weighted by molar-refractivity contribution is 9.10. The lowest BCUT2D eigenvalue weighted by molar-refractivity contribution is 0.0978. The summed E-state index contributed by atoms with van der Waals surface area (Å²) in [7, 11) is 1.51. The Morgan fingerprint density at radius 3 is 2.71 bits per heavy atom. The number of rotatable bonds is 4. The summed E-state index contributed by atoms with van der Waals surface area (Å²) >= 11 is 3.21. The van der Waals surface area contributed by atoms with Crippen LogP contribution >= 0.6 is 15.9 Å². The maximum absolute atomic E-state index is 12.6. The van der Waals surface area contributed by atoms with Crippen LogP contribution in [0.4, 0.5) is 8.78 Å². The molecule has 1 aromatic heterocycles. The highest BCUT2D eigenvalue weighted by atomic mass is 79.9. The smallest absolute Gasteiger partial charge is 0.259 e. The van der Waals surface area contributed by atoms with Crippen LogP contribution in [0.2, 0.25) is 0 Å². The minimum absolute atomic E-state index is 0.491. The van der Waals surface area contributed by atoms with E-state index >= 15 is 0 Å². The second kappa shape index (κ2) is 4.84. The van der Waals surface area contributed by atoms with Crippen LogP contribution in [0.3, 0.4) is 0 Å². The maximum atomic E-state index is 12.6. The number of nitrogens with one attached hydrogen (secondary N) is 1. The second-order valence-electron chi connectivity index (χ2n) is 2.79. The highest BCUT2D eigenvalue weighted by Crippen LogP contribution is 2.27. The molecule has 14 heavy (non-hydrogen) atoms. The zero-order chi connectivity index (χ0) is 10.7. The lowest BCUT2D eigenvalue weighted by atomic mass is 10.2. The number of aromatic nitrogens is 2. The van der Waals surface area contributed by atoms with Gasteiger partial charge in [-0.05, 0) is 29.9 Å². The molecule has 1 atom stereocenters. The Hall–Kier alpha value is -0.490. The third-order valence-electron chi connectivity index (χ3n) is 1.99. The van der Waals surface area contributed by atoms with E-state index in [0.29, 0.717) is 16.7 Å². The first-order valence-corrected chi connectivity index (χ1v) is 5.07. The van der Waals surface area contributed by atoms with Gasteiger partial charge in [-0.1, -0.05) is 0 Å². The molecule has 0 radical (unpaired) electrons. The summed E-state index contributed by atoms with van der Waals surface area (Å²) in [4.78, 5) is 0. The summed E-state index contributed by atoms with van der Waals surface area (Å²) in [5, 5.41) is 6.56. The Labute approximate surface area is 89.6 Å². The number of nitrogens with zero attached hydrogens (tertiary/aromatic N) is 2. The van der Waals surface area contributed by atoms with Crippen molar-refractivity contribution in [2.75, 3.05) is 7.05 Å². The fourth-order valence-electron chi connectivity index (χ4n) is 1.32. The van der Waals surface area contributed by atoms with Crippen LogP contribution in [0.25, 0.3) is 0 Å². The van der Waals surface area contributed by atoms with Gasteiger partial charge in [-0.2, -0.15) is 5.10 Å². The van der Waals surface area contributed by atoms with Gasteiger partial charge in [0.05, 0.1) is 16.4 Å². The summed E-state index contributed by atoms with van der Waals surface area (Å²) in [5.41, 5.74) is 0.491. The molecule has 0 amide bonds. The van der Waals surface area contributed by atoms with Crippen molar-refractivity contribution in [1.82, 2.24) is 15.1 Å². The predicted octanol–water partition coefficient (Wildman–Crippen LogP) is 2.19. The number of hydrogen-bond donors (Lipinski definition) is 1. The van der Waals surface area contributed by atoms with Gasteiger partial charge in [0.2, 0.25) is 0 Å². The molecule has 0 aromatic carbocycles. The normalized spacial score (nSPS) is 13.6. The molecule has 1 N–H and O–H groups in total. The first-order valence-electron chi connectivity index (χ1n) is 4.28. The molecular weight excluding hydrogens is 256 g/mol. The van der Waals surface area contributed by atoms with Crippen LogP contribution in [0.15, 0.2) is 10.7 Å². The second-order valence-corrected chi connectivity index (χ2v) is 3.65. The van der Waals surface area contributed by atoms with Crippen molar-refractivity contribution >= 4 is 15.9 Å². The van der Waals surface area contributed by atoms with Crippen molar-refractivity contribution in [2.24, 2.45) is 0 Å². The molecule has 0 spiro atoms. The van der Waals surface area contributed by atoms with E-state index in [1.165, 1.54) is 13.2 Å². The molecule has 1 unspecified atom stereocenters. The van der Waals surface area contributed by atoms with E-state index in [9.17, 15) is 8.78 Å². The number of hydrogen-bond acceptors (Lipinski definition) is 2. The van der Waals surface area contributed by atoms with Crippen molar-refractivity contribution in [3.05, 3.63) is 16.4 Å². The maximum Gasteiger partial charge on any atom is 0.259 e. The van der Waals surface area contributed by atoms with E-state index in [0.717, 1.165) is 0 Å². The van der Waals surface area contributed by atoms with Gasteiger partial charge in [0.1, 0.15) is 6.04 Å². The van der Waals surface area contributed by atoms with Gasteiger partial charge in [0.15, 0.2) is 0 Å². The molecule has 0 aliphatic carbocycles. The fourth-order valence-corrected chi connectivity index (χ4v) is 1.86. The van der Waals surface area contributed by atoms with Crippen LogP contribution < -0.4 is 5.32 Å². The molecule has 0 saturated heterocycles. The average Bonchev–Trinajstić information content (AvgIpc) is 2.49. The van der Waals surface area contributed by atoms with Crippen molar-refractivity contribution < 1.29 is 8.78 Å². The number of halogens is 3. The molecule has 0 aliphatic rings. The lowest BCUT2D eigenvalue weighted by Crippen LogP contribution is -2.26. The van der Waals surface area contributed by atoms with Gasteiger partial charge in [-0.3, -0.25) is 4.68 Å². The molecule has 1 heterocycles. The molecule has 6 heteroatoms. The first-order chi connectivity index (χ1) is 6.61. The molecule has 1 aromatic rings. The van der Waals surface area contributed by atoms with Gasteiger partial charge >= 0.3 is 0 Å². The molecular formula is C8H12BrF2N3. The van der Waals surface area contributed by atoms with Crippen molar-refractivity contribution in [2.45, 2.75) is 25.9 Å². The molecule has 0 saturated carbocycles. The third-order valence-corrected chi connectivity index (χ3v) is 2.60. The summed E-state index contributed by atoms with van der Waals surface area (Å²) in [6.45, 7) is 2.44. The van der Waals surface area contributed by atoms with E-state index < -0.39 is 12.5 Å². The van der Waals surface area contributed by atoms with Crippen LogP contribution in [-0.4, -0.2) is 23.3 Å². The van der Waals surface area contributed by atoms with E-state index in [-0.39, 0.29) is 0 Å². The summed E-state index contributed by atoms with van der Waals surface area (Å²) in [6.07, 6.45) is -0.913. The molecule has 0 fully saturated rings. The van der Waals surface area contributed by atoms with E-state index in [2.05, 4.69) is 26.3 Å². The van der Waals surface area contributed by atoms with Crippen LogP contribution in [0.1, 0.15) is 18.7 Å². The monoisotopic (exact) mass is 267 g/mol. The summed E-state index contributed by atoms with van der Waals surface area (Å²) in [6, 6.07) is -0.980. The third kappa shape index (κ3) is 2.12. The number of alkyl halides is 2. The van der Waals surface area contributed by atoms with Gasteiger partial charge in [0.25, 0.3) is 6.43 Å². The molecule has 0 bridgehead atoms. The van der Waals surface area contributed by atoms with Gasteiger partial charge in [0, 0.05) is 6.54 Å². The Morgan fingerprint density at radius 2 is 2.29 bits per heavy atom. The topological polar surface area (TPSA) is 29.9 Å². The summed E-state index contributed by atoms with van der Waals surface area (Å²) < 4.78 is 27.4. The standard InChI is InChI=1S/C8H12BrF2N3/c1-3-14-7(5(9)4-13-14)6(12-2)8(10)11/h4,6,8,12H,3H2,1-2H3. The lowest BCUT2D eigenvalue weighted by Gasteiger charge is -2.17. The van der Waals surface area contributed by atoms with E-state index in [4.69, 9.17) is 0 Å². The Morgan fingerprint density at radius 1 is 1.64 bits per heavy atom. The Balaban J connectivity index is 3.07. The molecule has 3 nitrogen and oxygen atoms in total. The van der Waals surface area contributed by atoms with E-state index in [1.807, 2.05) is 6.92 Å². The van der Waals surface area contributed by atoms with Gasteiger partial charge in [-0.25, -0.2) is 8.78 Å². The minimum atomic E-state index is -2.45. The van der Waals surface area contributed by atoms with E-state index in [1.54, 1.807) is 4.68 Å². The average molecular weight is 268 g/mol. The molecule has 1 rings (SSSR count). The van der Waals surface area contributed by atoms with Gasteiger partial charge in [-0.15, -0.1) is 0 Å². The summed E-state index contributed by atoms with van der Waals surface area (Å²) in [5.74, 6) is 0. The highest BCUT2D eigenvalue weighted by Gasteiger charge is 2.26. The van der Waals surface area contributed by atoms with Crippen molar-refractivity contribution in [3.8, 4) is 0 Å². The van der Waals surface area contributed by atoms with Gasteiger partial charge < -0.3 is 5.32 Å². The Kier molecular flexibility index (Phi) is 4.00. The van der Waals surface area contributed by atoms with Crippen LogP contribution in [0.5, 0.6) is 0 Å². The quantitative estimate of drug-likeness (QED) is 0.907. The van der Waals surface area contributed by atoms with Crippen molar-refractivity contribution in [3.63, 3.8) is 0 Å². The minimum Gasteiger partial charge on any atom is -0.307 e. The predicted molar refractivity (Wildman–Crippen MR) is 53.4 cm³/mol. The number of aryl methyl sites for hydroxylation is 1. The molecule has 0 aliphatic heterocycles. The molecule has 80 valence electrons. The zero-order valence-corrected chi connectivity index (χ0v) is 9.55. The van der Waals surface area contributed by atoms with Crippen molar-refractivity contribution in [1.29, 1.82) is 0 Å². The van der Waals surface area contributed by atoms with Crippen LogP contribution in [0, 0.1) is 0 Å². The SMILES string of the molecule is CCn1ncc(Br)c1C(NC)C(F)F. The largest absolute Gasteiger partial charge is 0.307 e. The zero-order valence-electron chi connectivity index (χ0n) is 7.97. The first kappa shape index (κ1) is 11.6. The fraction of sp³-hybridized carbons (Fsp3) is 0.625.